The van der Waals surface area contributed by atoms with E-state index in [-0.39, 0.29) is 0 Å². The number of nitrogens with zero attached hydrogens (tertiary/aromatic N) is 2. The molecule has 0 fully saturated rings. The van der Waals surface area contributed by atoms with Gasteiger partial charge in [0.2, 0.25) is 0 Å². The normalized spacial score (nSPS) is 10.3. The predicted octanol–water partition coefficient (Wildman–Crippen LogP) is 3.28. The fourth-order valence-electron chi connectivity index (χ4n) is 1.77. The fraction of sp³-hybridized carbons (Fsp3) is 0.0667. The Morgan fingerprint density at radius 2 is 2.00 bits per heavy atom. The van der Waals surface area contributed by atoms with Gasteiger partial charge >= 0.3 is 0 Å². The second-order valence-corrected chi connectivity index (χ2v) is 4.08. The highest BCUT2D eigenvalue weighted by Gasteiger charge is 2.01. The number of ether oxygens (including phenoxy) is 1. The third-order valence-electron chi connectivity index (χ3n) is 2.79. The third-order valence-corrected chi connectivity index (χ3v) is 2.79. The molecule has 0 saturated heterocycles. The van der Waals surface area contributed by atoms with Crippen LogP contribution in [0.1, 0.15) is 11.1 Å². The van der Waals surface area contributed by atoms with Crippen molar-refractivity contribution in [3.05, 3.63) is 60.0 Å². The molecular weight excluding hydrogens is 240 g/mol. The number of hydrogen-bond donors (Lipinski definition) is 0. The van der Waals surface area contributed by atoms with Gasteiger partial charge < -0.3 is 9.15 Å². The monoisotopic (exact) mass is 250 g/mol. The maximum Gasteiger partial charge on any atom is 0.181 e. The highest BCUT2D eigenvalue weighted by molar-refractivity contribution is 5.73. The van der Waals surface area contributed by atoms with Gasteiger partial charge in [0.25, 0.3) is 0 Å². The number of fused-ring (bicyclic) bond motifs is 1. The number of aromatic nitrogens is 1. The molecule has 3 rings (SSSR count). The van der Waals surface area contributed by atoms with E-state index in [0.29, 0.717) is 12.2 Å². The summed E-state index contributed by atoms with van der Waals surface area (Å²) >= 11 is 0. The van der Waals surface area contributed by atoms with E-state index in [0.717, 1.165) is 22.4 Å². The van der Waals surface area contributed by atoms with Crippen molar-refractivity contribution in [1.82, 2.24) is 4.98 Å². The van der Waals surface area contributed by atoms with Crippen LogP contribution < -0.4 is 4.74 Å². The molecule has 4 heteroatoms. The molecule has 0 aliphatic heterocycles. The Labute approximate surface area is 109 Å². The summed E-state index contributed by atoms with van der Waals surface area (Å²) in [5, 5.41) is 8.72. The van der Waals surface area contributed by atoms with E-state index in [9.17, 15) is 0 Å². The topological polar surface area (TPSA) is 59.0 Å². The average Bonchev–Trinajstić information content (AvgIpc) is 2.93. The van der Waals surface area contributed by atoms with Crippen molar-refractivity contribution in [3.8, 4) is 11.8 Å². The molecule has 0 atom stereocenters. The van der Waals surface area contributed by atoms with Gasteiger partial charge in [-0.05, 0) is 29.8 Å². The fourth-order valence-corrected chi connectivity index (χ4v) is 1.77. The lowest BCUT2D eigenvalue weighted by molar-refractivity contribution is 0.306. The molecule has 0 unspecified atom stereocenters. The Kier molecular flexibility index (Phi) is 2.87. The van der Waals surface area contributed by atoms with Gasteiger partial charge in [-0.25, -0.2) is 4.98 Å². The van der Waals surface area contributed by atoms with E-state index in [1.165, 1.54) is 6.39 Å². The molecule has 0 bridgehead atoms. The smallest absolute Gasteiger partial charge is 0.181 e. The lowest BCUT2D eigenvalue weighted by Gasteiger charge is -2.05. The van der Waals surface area contributed by atoms with Crippen LogP contribution in [0.4, 0.5) is 0 Å². The minimum absolute atomic E-state index is 0.453. The van der Waals surface area contributed by atoms with Crippen molar-refractivity contribution < 1.29 is 9.15 Å². The minimum atomic E-state index is 0.453. The molecule has 92 valence electrons. The van der Waals surface area contributed by atoms with Crippen molar-refractivity contribution >= 4 is 11.1 Å². The zero-order valence-corrected chi connectivity index (χ0v) is 10.0. The molecular formula is C15H10N2O2. The lowest BCUT2D eigenvalue weighted by Crippen LogP contribution is -1.95. The summed E-state index contributed by atoms with van der Waals surface area (Å²) in [6, 6.07) is 14.9. The van der Waals surface area contributed by atoms with Gasteiger partial charge in [0.15, 0.2) is 12.0 Å². The number of benzene rings is 2. The van der Waals surface area contributed by atoms with Gasteiger partial charge in [-0.15, -0.1) is 0 Å². The van der Waals surface area contributed by atoms with Crippen molar-refractivity contribution in [2.24, 2.45) is 0 Å². The molecule has 1 heterocycles. The molecule has 0 aliphatic carbocycles. The van der Waals surface area contributed by atoms with Crippen LogP contribution in [-0.4, -0.2) is 4.98 Å². The van der Waals surface area contributed by atoms with Crippen LogP contribution in [0.15, 0.2) is 53.3 Å². The zero-order valence-electron chi connectivity index (χ0n) is 10.0. The number of hydrogen-bond acceptors (Lipinski definition) is 4. The lowest BCUT2D eigenvalue weighted by atomic mass is 10.2. The molecule has 3 aromatic rings. The molecule has 0 aliphatic rings. The average molecular weight is 250 g/mol. The largest absolute Gasteiger partial charge is 0.489 e. The van der Waals surface area contributed by atoms with Crippen LogP contribution in [0.2, 0.25) is 0 Å². The van der Waals surface area contributed by atoms with E-state index in [1.807, 2.05) is 30.3 Å². The maximum atomic E-state index is 8.72. The second kappa shape index (κ2) is 4.83. The third kappa shape index (κ3) is 2.40. The van der Waals surface area contributed by atoms with Crippen LogP contribution in [-0.2, 0) is 6.61 Å². The SMILES string of the molecule is N#Cc1ccc(COc2ccc3ocnc3c2)cc1. The quantitative estimate of drug-likeness (QED) is 0.715. The van der Waals surface area contributed by atoms with Crippen LogP contribution in [0.5, 0.6) is 5.75 Å². The highest BCUT2D eigenvalue weighted by Crippen LogP contribution is 2.20. The molecule has 0 N–H and O–H groups in total. The first-order chi connectivity index (χ1) is 9.35. The van der Waals surface area contributed by atoms with Crippen molar-refractivity contribution in [1.29, 1.82) is 5.26 Å². The summed E-state index contributed by atoms with van der Waals surface area (Å²) in [4.78, 5) is 4.07. The van der Waals surface area contributed by atoms with Crippen LogP contribution >= 0.6 is 0 Å². The Balaban J connectivity index is 1.72. The summed E-state index contributed by atoms with van der Waals surface area (Å²) in [6.45, 7) is 0.453. The van der Waals surface area contributed by atoms with Crippen LogP contribution in [0.3, 0.4) is 0 Å². The van der Waals surface area contributed by atoms with E-state index in [1.54, 1.807) is 12.1 Å². The highest BCUT2D eigenvalue weighted by atomic mass is 16.5. The van der Waals surface area contributed by atoms with Crippen molar-refractivity contribution in [2.75, 3.05) is 0 Å². The molecule has 4 nitrogen and oxygen atoms in total. The van der Waals surface area contributed by atoms with E-state index in [2.05, 4.69) is 11.1 Å². The molecule has 0 amide bonds. The van der Waals surface area contributed by atoms with Crippen molar-refractivity contribution in [2.45, 2.75) is 6.61 Å². The summed E-state index contributed by atoms with van der Waals surface area (Å²) < 4.78 is 10.8. The molecule has 0 radical (unpaired) electrons. The zero-order chi connectivity index (χ0) is 13.1. The van der Waals surface area contributed by atoms with Gasteiger partial charge in [0, 0.05) is 6.07 Å². The van der Waals surface area contributed by atoms with E-state index in [4.69, 9.17) is 14.4 Å². The molecule has 1 aromatic heterocycles. The Bertz CT molecular complexity index is 739. The minimum Gasteiger partial charge on any atom is -0.489 e. The first-order valence-electron chi connectivity index (χ1n) is 5.80. The van der Waals surface area contributed by atoms with Crippen molar-refractivity contribution in [3.63, 3.8) is 0 Å². The van der Waals surface area contributed by atoms with E-state index < -0.39 is 0 Å². The number of nitriles is 1. The van der Waals surface area contributed by atoms with E-state index >= 15 is 0 Å². The van der Waals surface area contributed by atoms with Crippen LogP contribution in [0.25, 0.3) is 11.1 Å². The Morgan fingerprint density at radius 1 is 1.16 bits per heavy atom. The molecule has 2 aromatic carbocycles. The van der Waals surface area contributed by atoms with Gasteiger partial charge in [-0.1, -0.05) is 12.1 Å². The number of oxazole rings is 1. The summed E-state index contributed by atoms with van der Waals surface area (Å²) in [5.74, 6) is 0.741. The first-order valence-corrected chi connectivity index (χ1v) is 5.80. The first kappa shape index (κ1) is 11.3. The summed E-state index contributed by atoms with van der Waals surface area (Å²) in [5.41, 5.74) is 3.18. The number of rotatable bonds is 3. The van der Waals surface area contributed by atoms with Gasteiger partial charge in [0.05, 0.1) is 11.6 Å². The van der Waals surface area contributed by atoms with Gasteiger partial charge in [-0.2, -0.15) is 5.26 Å². The van der Waals surface area contributed by atoms with Gasteiger partial charge in [-0.3, -0.25) is 0 Å². The standard InChI is InChI=1S/C15H10N2O2/c16-8-11-1-3-12(4-2-11)9-18-13-5-6-15-14(7-13)17-10-19-15/h1-7,10H,9H2. The molecule has 0 saturated carbocycles. The Morgan fingerprint density at radius 3 is 2.79 bits per heavy atom. The van der Waals surface area contributed by atoms with Crippen LogP contribution in [0, 0.1) is 11.3 Å². The second-order valence-electron chi connectivity index (χ2n) is 4.08. The predicted molar refractivity (Wildman–Crippen MR) is 69.5 cm³/mol. The summed E-state index contributed by atoms with van der Waals surface area (Å²) in [7, 11) is 0. The molecule has 19 heavy (non-hydrogen) atoms. The summed E-state index contributed by atoms with van der Waals surface area (Å²) in [6.07, 6.45) is 1.41. The molecule has 0 spiro atoms. The maximum absolute atomic E-state index is 8.72. The Hall–Kier alpha value is -2.80. The van der Waals surface area contributed by atoms with Gasteiger partial charge in [0.1, 0.15) is 17.9 Å².